The van der Waals surface area contributed by atoms with E-state index in [1.165, 1.54) is 31.2 Å². The van der Waals surface area contributed by atoms with E-state index in [1.54, 1.807) is 0 Å². The second-order valence-corrected chi connectivity index (χ2v) is 9.35. The van der Waals surface area contributed by atoms with Crippen LogP contribution in [0.5, 0.6) is 0 Å². The zero-order valence-corrected chi connectivity index (χ0v) is 18.2. The summed E-state index contributed by atoms with van der Waals surface area (Å²) in [5.74, 6) is 0.867. The number of carbonyl (C=O) groups is 1. The third kappa shape index (κ3) is 4.99. The fourth-order valence-electron chi connectivity index (χ4n) is 5.27. The molecule has 2 fully saturated rings. The molecule has 1 saturated heterocycles. The summed E-state index contributed by atoms with van der Waals surface area (Å²) in [5, 5.41) is 12.1. The Hall–Kier alpha value is -2.25. The van der Waals surface area contributed by atoms with E-state index in [4.69, 9.17) is 4.74 Å². The summed E-state index contributed by atoms with van der Waals surface area (Å²) < 4.78 is 8.13. The summed E-state index contributed by atoms with van der Waals surface area (Å²) in [6.45, 7) is 4.02. The predicted octanol–water partition coefficient (Wildman–Crippen LogP) is 3.21. The number of piperidine rings is 1. The quantitative estimate of drug-likeness (QED) is 0.772. The van der Waals surface area contributed by atoms with Crippen molar-refractivity contribution >= 4 is 5.91 Å². The average Bonchev–Trinajstić information content (AvgIpc) is 3.45. The number of nitrogens with zero attached hydrogens (tertiary/aromatic N) is 4. The van der Waals surface area contributed by atoms with Crippen LogP contribution in [0.15, 0.2) is 30.3 Å². The molecule has 31 heavy (non-hydrogen) atoms. The van der Waals surface area contributed by atoms with Gasteiger partial charge in [-0.1, -0.05) is 48.4 Å². The van der Waals surface area contributed by atoms with Crippen LogP contribution in [-0.4, -0.2) is 44.9 Å². The molecular weight excluding hydrogens is 390 g/mol. The number of fused-ring (bicyclic) bond motifs is 1. The highest BCUT2D eigenvalue weighted by molar-refractivity contribution is 5.76. The van der Waals surface area contributed by atoms with E-state index in [2.05, 4.69) is 32.7 Å². The lowest BCUT2D eigenvalue weighted by Crippen LogP contribution is -2.44. The summed E-state index contributed by atoms with van der Waals surface area (Å²) >= 11 is 0. The normalized spacial score (nSPS) is 23.0. The molecule has 166 valence electrons. The van der Waals surface area contributed by atoms with E-state index in [9.17, 15) is 4.79 Å². The molecule has 3 heterocycles. The van der Waals surface area contributed by atoms with Crippen molar-refractivity contribution in [2.75, 3.05) is 13.1 Å². The number of likely N-dealkylation sites (tertiary alicyclic amines) is 1. The zero-order chi connectivity index (χ0) is 21.0. The van der Waals surface area contributed by atoms with Gasteiger partial charge in [0.1, 0.15) is 11.8 Å². The summed E-state index contributed by atoms with van der Waals surface area (Å²) in [4.78, 5) is 14.8. The molecule has 1 aliphatic carbocycles. The van der Waals surface area contributed by atoms with Crippen LogP contribution < -0.4 is 5.32 Å². The number of hydrogen-bond donors (Lipinski definition) is 1. The lowest BCUT2D eigenvalue weighted by Gasteiger charge is -2.32. The van der Waals surface area contributed by atoms with Crippen molar-refractivity contribution in [2.24, 2.45) is 5.92 Å². The second kappa shape index (κ2) is 9.49. The molecule has 5 rings (SSSR count). The van der Waals surface area contributed by atoms with Gasteiger partial charge in [-0.15, -0.1) is 5.10 Å². The molecule has 2 aromatic rings. The van der Waals surface area contributed by atoms with E-state index in [0.717, 1.165) is 50.3 Å². The molecule has 7 heteroatoms. The first-order chi connectivity index (χ1) is 15.2. The summed E-state index contributed by atoms with van der Waals surface area (Å²) in [6, 6.07) is 10.6. The van der Waals surface area contributed by atoms with E-state index in [-0.39, 0.29) is 12.0 Å². The third-order valence-electron chi connectivity index (χ3n) is 7.12. The summed E-state index contributed by atoms with van der Waals surface area (Å²) in [5.41, 5.74) is 3.30. The first-order valence-corrected chi connectivity index (χ1v) is 11.8. The minimum atomic E-state index is 0.0341. The maximum Gasteiger partial charge on any atom is 0.220 e. The fraction of sp³-hybridized carbons (Fsp3) is 0.625. The molecule has 0 bridgehead atoms. The number of rotatable bonds is 6. The second-order valence-electron chi connectivity index (χ2n) is 9.35. The van der Waals surface area contributed by atoms with E-state index in [0.29, 0.717) is 25.1 Å². The van der Waals surface area contributed by atoms with Crippen LogP contribution in [-0.2, 0) is 29.2 Å². The van der Waals surface area contributed by atoms with Gasteiger partial charge < -0.3 is 10.1 Å². The number of amides is 1. The largest absolute Gasteiger partial charge is 0.365 e. The summed E-state index contributed by atoms with van der Waals surface area (Å²) in [7, 11) is 0. The monoisotopic (exact) mass is 423 g/mol. The standard InChI is InChI=1S/C24H33N5O2/c30-24(14-18-6-4-5-7-18)25-20-10-12-28(13-11-20)15-21-22-17-31-23(16-29(22)27-26-21)19-8-2-1-3-9-19/h1-3,8-9,18,20,23H,4-7,10-17H2,(H,25,30)/t23-/m0/s1. The molecule has 2 aliphatic heterocycles. The zero-order valence-electron chi connectivity index (χ0n) is 18.2. The van der Waals surface area contributed by atoms with Crippen molar-refractivity contribution in [3.8, 4) is 0 Å². The van der Waals surface area contributed by atoms with Crippen molar-refractivity contribution in [1.82, 2.24) is 25.2 Å². The van der Waals surface area contributed by atoms with Crippen LogP contribution in [0.2, 0.25) is 0 Å². The van der Waals surface area contributed by atoms with E-state index in [1.807, 2.05) is 22.9 Å². The number of nitrogens with one attached hydrogen (secondary N) is 1. The number of benzene rings is 1. The van der Waals surface area contributed by atoms with Gasteiger partial charge in [0.25, 0.3) is 0 Å². The minimum Gasteiger partial charge on any atom is -0.365 e. The van der Waals surface area contributed by atoms with Gasteiger partial charge in [-0.05, 0) is 37.2 Å². The lowest BCUT2D eigenvalue weighted by atomic mass is 10.0. The topological polar surface area (TPSA) is 72.3 Å². The van der Waals surface area contributed by atoms with Gasteiger partial charge in [0.2, 0.25) is 5.91 Å². The molecule has 1 atom stereocenters. The Morgan fingerprint density at radius 1 is 1.10 bits per heavy atom. The highest BCUT2D eigenvalue weighted by Crippen LogP contribution is 2.28. The van der Waals surface area contributed by atoms with Crippen LogP contribution in [0.4, 0.5) is 0 Å². The molecule has 0 radical (unpaired) electrons. The van der Waals surface area contributed by atoms with Crippen LogP contribution in [0.1, 0.15) is 68.0 Å². The maximum absolute atomic E-state index is 12.3. The first kappa shape index (κ1) is 20.6. The Morgan fingerprint density at radius 3 is 2.65 bits per heavy atom. The molecule has 0 unspecified atom stereocenters. The van der Waals surface area contributed by atoms with Gasteiger partial charge in [-0.2, -0.15) is 0 Å². The van der Waals surface area contributed by atoms with Crippen molar-refractivity contribution in [2.45, 2.75) is 76.8 Å². The van der Waals surface area contributed by atoms with Gasteiger partial charge in [0.05, 0.1) is 18.8 Å². The number of aromatic nitrogens is 3. The molecule has 3 aliphatic rings. The highest BCUT2D eigenvalue weighted by atomic mass is 16.5. The van der Waals surface area contributed by atoms with Gasteiger partial charge in [0, 0.05) is 32.1 Å². The molecule has 1 aromatic heterocycles. The number of carbonyl (C=O) groups excluding carboxylic acids is 1. The van der Waals surface area contributed by atoms with Crippen LogP contribution in [0.3, 0.4) is 0 Å². The van der Waals surface area contributed by atoms with Gasteiger partial charge >= 0.3 is 0 Å². The smallest absolute Gasteiger partial charge is 0.220 e. The SMILES string of the molecule is O=C(CC1CCCC1)NC1CCN(Cc2nnn3c2CO[C@H](c2ccccc2)C3)CC1. The highest BCUT2D eigenvalue weighted by Gasteiger charge is 2.27. The predicted molar refractivity (Wildman–Crippen MR) is 117 cm³/mol. The molecule has 7 nitrogen and oxygen atoms in total. The lowest BCUT2D eigenvalue weighted by molar-refractivity contribution is -0.123. The molecule has 1 N–H and O–H groups in total. The molecule has 0 spiro atoms. The van der Waals surface area contributed by atoms with E-state index >= 15 is 0 Å². The fourth-order valence-corrected chi connectivity index (χ4v) is 5.27. The van der Waals surface area contributed by atoms with Crippen molar-refractivity contribution in [3.63, 3.8) is 0 Å². The van der Waals surface area contributed by atoms with Gasteiger partial charge in [-0.3, -0.25) is 9.69 Å². The number of hydrogen-bond acceptors (Lipinski definition) is 5. The Morgan fingerprint density at radius 2 is 1.87 bits per heavy atom. The third-order valence-corrected chi connectivity index (χ3v) is 7.12. The maximum atomic E-state index is 12.3. The average molecular weight is 424 g/mol. The van der Waals surface area contributed by atoms with Crippen molar-refractivity contribution in [3.05, 3.63) is 47.3 Å². The number of ether oxygens (including phenoxy) is 1. The molecule has 1 saturated carbocycles. The first-order valence-electron chi connectivity index (χ1n) is 11.8. The Kier molecular flexibility index (Phi) is 6.32. The minimum absolute atomic E-state index is 0.0341. The molecule has 1 amide bonds. The van der Waals surface area contributed by atoms with Gasteiger partial charge in [0.15, 0.2) is 0 Å². The Bertz CT molecular complexity index is 869. The Balaban J connectivity index is 1.10. The van der Waals surface area contributed by atoms with Crippen LogP contribution in [0.25, 0.3) is 0 Å². The molecular formula is C24H33N5O2. The van der Waals surface area contributed by atoms with Crippen molar-refractivity contribution < 1.29 is 9.53 Å². The van der Waals surface area contributed by atoms with E-state index < -0.39 is 0 Å². The summed E-state index contributed by atoms with van der Waals surface area (Å²) in [6.07, 6.45) is 7.80. The van der Waals surface area contributed by atoms with Crippen molar-refractivity contribution in [1.29, 1.82) is 0 Å². The Labute approximate surface area is 184 Å². The molecule has 1 aromatic carbocycles. The van der Waals surface area contributed by atoms with Crippen LogP contribution in [0, 0.1) is 5.92 Å². The van der Waals surface area contributed by atoms with Gasteiger partial charge in [-0.25, -0.2) is 4.68 Å². The van der Waals surface area contributed by atoms with Crippen LogP contribution >= 0.6 is 0 Å².